The minimum absolute atomic E-state index is 0.0529. The number of amides is 1. The lowest BCUT2D eigenvalue weighted by molar-refractivity contribution is -0.124. The van der Waals surface area contributed by atoms with Crippen LogP contribution in [0.15, 0.2) is 0 Å². The van der Waals surface area contributed by atoms with Gasteiger partial charge in [0, 0.05) is 0 Å². The highest BCUT2D eigenvalue weighted by atomic mass is 16.7. The van der Waals surface area contributed by atoms with Gasteiger partial charge in [0.05, 0.1) is 12.5 Å². The van der Waals surface area contributed by atoms with Gasteiger partial charge in [0.2, 0.25) is 5.91 Å². The molecule has 1 aliphatic heterocycles. The minimum Gasteiger partial charge on any atom is -0.273 e. The van der Waals surface area contributed by atoms with Crippen LogP contribution in [0.25, 0.3) is 0 Å². The number of hydrogen-bond acceptors (Lipinski definition) is 2. The van der Waals surface area contributed by atoms with Crippen LogP contribution >= 0.6 is 0 Å². The molecule has 0 saturated carbocycles. The van der Waals surface area contributed by atoms with E-state index in [2.05, 4.69) is 19.3 Å². The van der Waals surface area contributed by atoms with Crippen molar-refractivity contribution in [3.63, 3.8) is 0 Å². The predicted octanol–water partition coefficient (Wildman–Crippen LogP) is 4.36. The Kier molecular flexibility index (Phi) is 8.89. The maximum absolute atomic E-state index is 11.3. The van der Waals surface area contributed by atoms with Crippen LogP contribution in [0.2, 0.25) is 0 Å². The smallest absolute Gasteiger partial charge is 0.246 e. The highest BCUT2D eigenvalue weighted by molar-refractivity contribution is 5.76. The van der Waals surface area contributed by atoms with Crippen LogP contribution in [0.1, 0.15) is 84.5 Å². The molecule has 3 nitrogen and oxygen atoms in total. The molecule has 1 aliphatic rings. The Hall–Kier alpha value is -0.570. The minimum atomic E-state index is 0.0529. The number of rotatable bonds is 11. The van der Waals surface area contributed by atoms with Gasteiger partial charge < -0.3 is 0 Å². The second kappa shape index (κ2) is 10.2. The topological polar surface area (TPSA) is 38.3 Å². The van der Waals surface area contributed by atoms with E-state index >= 15 is 0 Å². The lowest BCUT2D eigenvalue weighted by atomic mass is 9.88. The van der Waals surface area contributed by atoms with E-state index in [0.717, 1.165) is 0 Å². The van der Waals surface area contributed by atoms with Gasteiger partial charge in [-0.05, 0) is 18.8 Å². The van der Waals surface area contributed by atoms with Crippen LogP contribution in [0, 0.1) is 5.92 Å². The SMILES string of the molecule is CCCCCCC(CCCCCC)C1CC(=O)NO1. The molecule has 1 saturated heterocycles. The lowest BCUT2D eigenvalue weighted by Crippen LogP contribution is -2.21. The zero-order chi connectivity index (χ0) is 13.9. The monoisotopic (exact) mass is 269 g/mol. The highest BCUT2D eigenvalue weighted by Crippen LogP contribution is 2.27. The summed E-state index contributed by atoms with van der Waals surface area (Å²) in [6.07, 6.45) is 13.5. The van der Waals surface area contributed by atoms with Crippen molar-refractivity contribution in [1.29, 1.82) is 0 Å². The van der Waals surface area contributed by atoms with Gasteiger partial charge in [0.15, 0.2) is 0 Å². The Bertz CT molecular complexity index is 231. The van der Waals surface area contributed by atoms with E-state index in [1.54, 1.807) is 0 Å². The van der Waals surface area contributed by atoms with E-state index < -0.39 is 0 Å². The first-order valence-corrected chi connectivity index (χ1v) is 8.22. The molecule has 0 aromatic rings. The standard InChI is InChI=1S/C16H31NO2/c1-3-5-7-9-11-14(12-10-8-6-4-2)15-13-16(18)17-19-15/h14-15H,3-13H2,1-2H3,(H,17,18). The van der Waals surface area contributed by atoms with Gasteiger partial charge in [-0.2, -0.15) is 0 Å². The van der Waals surface area contributed by atoms with Crippen LogP contribution in [-0.4, -0.2) is 12.0 Å². The molecule has 0 spiro atoms. The maximum Gasteiger partial charge on any atom is 0.246 e. The Morgan fingerprint density at radius 1 is 1.05 bits per heavy atom. The van der Waals surface area contributed by atoms with Crippen LogP contribution in [0.3, 0.4) is 0 Å². The number of unbranched alkanes of at least 4 members (excludes halogenated alkanes) is 6. The first-order chi connectivity index (χ1) is 9.27. The number of nitrogens with one attached hydrogen (secondary N) is 1. The van der Waals surface area contributed by atoms with Crippen LogP contribution in [0.5, 0.6) is 0 Å². The fraction of sp³-hybridized carbons (Fsp3) is 0.938. The molecule has 1 atom stereocenters. The van der Waals surface area contributed by atoms with E-state index in [1.807, 2.05) is 0 Å². The van der Waals surface area contributed by atoms with Crippen LogP contribution in [-0.2, 0) is 9.63 Å². The van der Waals surface area contributed by atoms with Crippen LogP contribution < -0.4 is 5.48 Å². The van der Waals surface area contributed by atoms with Gasteiger partial charge in [-0.15, -0.1) is 0 Å². The fourth-order valence-corrected chi connectivity index (χ4v) is 2.85. The van der Waals surface area contributed by atoms with Crippen molar-refractivity contribution in [2.45, 2.75) is 90.6 Å². The summed E-state index contributed by atoms with van der Waals surface area (Å²) >= 11 is 0. The molecule has 112 valence electrons. The normalized spacial score (nSPS) is 19.1. The van der Waals surface area contributed by atoms with E-state index in [-0.39, 0.29) is 12.0 Å². The average molecular weight is 269 g/mol. The Morgan fingerprint density at radius 2 is 1.63 bits per heavy atom. The molecule has 0 bridgehead atoms. The third-order valence-electron chi connectivity index (χ3n) is 4.09. The quantitative estimate of drug-likeness (QED) is 0.566. The van der Waals surface area contributed by atoms with Crippen molar-refractivity contribution in [2.24, 2.45) is 5.92 Å². The van der Waals surface area contributed by atoms with Crippen molar-refractivity contribution in [3.05, 3.63) is 0 Å². The number of hydroxylamine groups is 1. The molecular weight excluding hydrogens is 238 g/mol. The summed E-state index contributed by atoms with van der Waals surface area (Å²) in [4.78, 5) is 16.7. The van der Waals surface area contributed by atoms with Gasteiger partial charge in [-0.1, -0.05) is 65.2 Å². The highest BCUT2D eigenvalue weighted by Gasteiger charge is 2.30. The number of carbonyl (C=O) groups is 1. The molecule has 1 amide bonds. The second-order valence-electron chi connectivity index (χ2n) is 5.84. The van der Waals surface area contributed by atoms with Crippen molar-refractivity contribution in [2.75, 3.05) is 0 Å². The van der Waals surface area contributed by atoms with E-state index in [0.29, 0.717) is 12.3 Å². The summed E-state index contributed by atoms with van der Waals surface area (Å²) < 4.78 is 0. The fourth-order valence-electron chi connectivity index (χ4n) is 2.85. The third kappa shape index (κ3) is 6.95. The molecule has 0 aromatic heterocycles. The molecule has 1 heterocycles. The van der Waals surface area contributed by atoms with Gasteiger partial charge in [-0.25, -0.2) is 5.48 Å². The molecule has 0 aliphatic carbocycles. The first kappa shape index (κ1) is 16.5. The van der Waals surface area contributed by atoms with Gasteiger partial charge in [0.25, 0.3) is 0 Å². The molecule has 1 fully saturated rings. The molecule has 3 heteroatoms. The lowest BCUT2D eigenvalue weighted by Gasteiger charge is -2.21. The maximum atomic E-state index is 11.3. The van der Waals surface area contributed by atoms with Gasteiger partial charge in [-0.3, -0.25) is 9.63 Å². The average Bonchev–Trinajstić information content (AvgIpc) is 2.83. The Morgan fingerprint density at radius 3 is 2.05 bits per heavy atom. The molecule has 1 rings (SSSR count). The summed E-state index contributed by atoms with van der Waals surface area (Å²) in [6, 6.07) is 0. The van der Waals surface area contributed by atoms with E-state index in [9.17, 15) is 4.79 Å². The number of hydrogen-bond donors (Lipinski definition) is 1. The largest absolute Gasteiger partial charge is 0.273 e. The molecule has 1 N–H and O–H groups in total. The van der Waals surface area contributed by atoms with Crippen molar-refractivity contribution in [3.8, 4) is 0 Å². The van der Waals surface area contributed by atoms with Crippen molar-refractivity contribution < 1.29 is 9.63 Å². The second-order valence-corrected chi connectivity index (χ2v) is 5.84. The van der Waals surface area contributed by atoms with Gasteiger partial charge >= 0.3 is 0 Å². The molecule has 1 unspecified atom stereocenters. The summed E-state index contributed by atoms with van der Waals surface area (Å²) in [5.41, 5.74) is 2.51. The predicted molar refractivity (Wildman–Crippen MR) is 78.6 cm³/mol. The summed E-state index contributed by atoms with van der Waals surface area (Å²) in [5, 5.41) is 0. The van der Waals surface area contributed by atoms with Crippen molar-refractivity contribution >= 4 is 5.91 Å². The Balaban J connectivity index is 2.27. The molecule has 0 radical (unpaired) electrons. The van der Waals surface area contributed by atoms with Crippen LogP contribution in [0.4, 0.5) is 0 Å². The van der Waals surface area contributed by atoms with Crippen molar-refractivity contribution in [1.82, 2.24) is 5.48 Å². The summed E-state index contributed by atoms with van der Waals surface area (Å²) in [5.74, 6) is 0.616. The summed E-state index contributed by atoms with van der Waals surface area (Å²) in [6.45, 7) is 4.48. The first-order valence-electron chi connectivity index (χ1n) is 8.22. The number of carbonyl (C=O) groups excluding carboxylic acids is 1. The zero-order valence-corrected chi connectivity index (χ0v) is 12.7. The molecular formula is C16H31NO2. The molecule has 19 heavy (non-hydrogen) atoms. The Labute approximate surface area is 118 Å². The van der Waals surface area contributed by atoms with Gasteiger partial charge in [0.1, 0.15) is 0 Å². The third-order valence-corrected chi connectivity index (χ3v) is 4.09. The zero-order valence-electron chi connectivity index (χ0n) is 12.7. The van der Waals surface area contributed by atoms with E-state index in [1.165, 1.54) is 64.2 Å². The molecule has 0 aromatic carbocycles. The summed E-state index contributed by atoms with van der Waals surface area (Å²) in [7, 11) is 0. The van der Waals surface area contributed by atoms with E-state index in [4.69, 9.17) is 4.84 Å².